The predicted molar refractivity (Wildman–Crippen MR) is 108 cm³/mol. The molecular weight excluding hydrogens is 377 g/mol. The van der Waals surface area contributed by atoms with Crippen LogP contribution in [0.3, 0.4) is 0 Å². The molecule has 6 nitrogen and oxygen atoms in total. The first kappa shape index (κ1) is 20.2. The molecule has 3 aromatic carbocycles. The molecule has 0 unspecified atom stereocenters. The number of aryl methyl sites for hydroxylation is 1. The van der Waals surface area contributed by atoms with Crippen molar-refractivity contribution in [1.82, 2.24) is 5.32 Å². The van der Waals surface area contributed by atoms with Gasteiger partial charge in [0.15, 0.2) is 0 Å². The zero-order valence-electron chi connectivity index (χ0n) is 15.4. The van der Waals surface area contributed by atoms with E-state index in [0.717, 1.165) is 21.9 Å². The van der Waals surface area contributed by atoms with Crippen molar-refractivity contribution in [3.05, 3.63) is 83.4 Å². The number of benzene rings is 3. The van der Waals surface area contributed by atoms with Crippen LogP contribution in [0.5, 0.6) is 0 Å². The molecule has 0 saturated carbocycles. The lowest BCUT2D eigenvalue weighted by molar-refractivity contribution is 0.0909. The van der Waals surface area contributed by atoms with Crippen molar-refractivity contribution in [3.63, 3.8) is 0 Å². The number of amides is 1. The number of fused-ring (bicyclic) bond motifs is 1. The SMILES string of the molecule is Cc1cccc(C[C@@H](COP(=O)(O)O)NC(=O)c2ccc3ccccc3c2)c1. The molecule has 0 spiro atoms. The van der Waals surface area contributed by atoms with Crippen molar-refractivity contribution in [1.29, 1.82) is 0 Å². The summed E-state index contributed by atoms with van der Waals surface area (Å²) in [6, 6.07) is 20.2. The molecule has 0 fully saturated rings. The average molecular weight is 399 g/mol. The van der Waals surface area contributed by atoms with E-state index in [-0.39, 0.29) is 12.5 Å². The quantitative estimate of drug-likeness (QED) is 0.528. The van der Waals surface area contributed by atoms with Crippen LogP contribution < -0.4 is 5.32 Å². The van der Waals surface area contributed by atoms with Crippen LogP contribution >= 0.6 is 7.82 Å². The van der Waals surface area contributed by atoms with E-state index in [1.165, 1.54) is 0 Å². The monoisotopic (exact) mass is 399 g/mol. The van der Waals surface area contributed by atoms with Crippen molar-refractivity contribution in [3.8, 4) is 0 Å². The van der Waals surface area contributed by atoms with Gasteiger partial charge in [-0.25, -0.2) is 4.57 Å². The van der Waals surface area contributed by atoms with Crippen LogP contribution in [0.15, 0.2) is 66.7 Å². The molecule has 146 valence electrons. The summed E-state index contributed by atoms with van der Waals surface area (Å²) in [6.07, 6.45) is 0.390. The summed E-state index contributed by atoms with van der Waals surface area (Å²) < 4.78 is 15.8. The van der Waals surface area contributed by atoms with Gasteiger partial charge in [0.2, 0.25) is 0 Å². The number of hydrogen-bond acceptors (Lipinski definition) is 3. The summed E-state index contributed by atoms with van der Waals surface area (Å²) in [4.78, 5) is 30.8. The average Bonchev–Trinajstić information content (AvgIpc) is 2.65. The summed E-state index contributed by atoms with van der Waals surface area (Å²) in [5, 5.41) is 4.80. The predicted octanol–water partition coefficient (Wildman–Crippen LogP) is 3.60. The smallest absolute Gasteiger partial charge is 0.347 e. The van der Waals surface area contributed by atoms with Crippen LogP contribution in [0.4, 0.5) is 0 Å². The van der Waals surface area contributed by atoms with Crippen LogP contribution in [-0.4, -0.2) is 28.3 Å². The van der Waals surface area contributed by atoms with E-state index in [4.69, 9.17) is 9.79 Å². The molecule has 0 aliphatic heterocycles. The summed E-state index contributed by atoms with van der Waals surface area (Å²) in [7, 11) is -4.63. The van der Waals surface area contributed by atoms with E-state index in [1.54, 1.807) is 12.1 Å². The minimum Gasteiger partial charge on any atom is -0.347 e. The lowest BCUT2D eigenvalue weighted by Crippen LogP contribution is -2.39. The highest BCUT2D eigenvalue weighted by Gasteiger charge is 2.21. The maximum atomic E-state index is 12.7. The fourth-order valence-electron chi connectivity index (χ4n) is 3.06. The van der Waals surface area contributed by atoms with Crippen LogP contribution in [-0.2, 0) is 15.5 Å². The summed E-state index contributed by atoms with van der Waals surface area (Å²) in [6.45, 7) is 1.66. The molecule has 0 radical (unpaired) electrons. The van der Waals surface area contributed by atoms with Crippen LogP contribution in [0.2, 0.25) is 0 Å². The maximum Gasteiger partial charge on any atom is 0.469 e. The molecule has 3 rings (SSSR count). The van der Waals surface area contributed by atoms with E-state index < -0.39 is 13.9 Å². The third-order valence-electron chi connectivity index (χ3n) is 4.36. The molecule has 0 saturated heterocycles. The fourth-order valence-corrected chi connectivity index (χ4v) is 3.44. The van der Waals surface area contributed by atoms with Crippen molar-refractivity contribution >= 4 is 24.5 Å². The molecule has 28 heavy (non-hydrogen) atoms. The summed E-state index contributed by atoms with van der Waals surface area (Å²) in [5.41, 5.74) is 2.48. The number of carbonyl (C=O) groups is 1. The molecule has 0 heterocycles. The third-order valence-corrected chi connectivity index (χ3v) is 4.84. The van der Waals surface area contributed by atoms with Crippen molar-refractivity contribution in [2.45, 2.75) is 19.4 Å². The van der Waals surface area contributed by atoms with E-state index in [0.29, 0.717) is 12.0 Å². The molecule has 7 heteroatoms. The zero-order chi connectivity index (χ0) is 20.1. The van der Waals surface area contributed by atoms with Crippen LogP contribution in [0, 0.1) is 6.92 Å². The molecule has 1 atom stereocenters. The first-order valence-electron chi connectivity index (χ1n) is 8.85. The van der Waals surface area contributed by atoms with E-state index in [9.17, 15) is 9.36 Å². The van der Waals surface area contributed by atoms with Gasteiger partial charge in [0.1, 0.15) is 0 Å². The fraction of sp³-hybridized carbons (Fsp3) is 0.190. The molecule has 0 aliphatic rings. The third kappa shape index (κ3) is 5.75. The number of carbonyl (C=O) groups excluding carboxylic acids is 1. The second-order valence-electron chi connectivity index (χ2n) is 6.71. The largest absolute Gasteiger partial charge is 0.469 e. The van der Waals surface area contributed by atoms with Gasteiger partial charge in [-0.2, -0.15) is 0 Å². The first-order valence-corrected chi connectivity index (χ1v) is 10.4. The van der Waals surface area contributed by atoms with Gasteiger partial charge >= 0.3 is 7.82 Å². The second-order valence-corrected chi connectivity index (χ2v) is 7.95. The van der Waals surface area contributed by atoms with Gasteiger partial charge in [0.25, 0.3) is 5.91 Å². The molecule has 0 aromatic heterocycles. The Kier molecular flexibility index (Phi) is 6.27. The Morgan fingerprint density at radius 1 is 1.04 bits per heavy atom. The molecule has 3 N–H and O–H groups in total. The molecule has 1 amide bonds. The van der Waals surface area contributed by atoms with Crippen molar-refractivity contribution in [2.75, 3.05) is 6.61 Å². The maximum absolute atomic E-state index is 12.7. The van der Waals surface area contributed by atoms with E-state index in [1.807, 2.05) is 61.5 Å². The highest BCUT2D eigenvalue weighted by molar-refractivity contribution is 7.46. The van der Waals surface area contributed by atoms with Gasteiger partial charge in [0.05, 0.1) is 12.6 Å². The topological polar surface area (TPSA) is 95.9 Å². The van der Waals surface area contributed by atoms with Gasteiger partial charge < -0.3 is 15.1 Å². The lowest BCUT2D eigenvalue weighted by atomic mass is 10.0. The summed E-state index contributed by atoms with van der Waals surface area (Å²) >= 11 is 0. The molecular formula is C21H22NO5P. The Bertz CT molecular complexity index is 1030. The normalized spacial score (nSPS) is 12.7. The van der Waals surface area contributed by atoms with E-state index >= 15 is 0 Å². The highest BCUT2D eigenvalue weighted by atomic mass is 31.2. The number of phosphoric acid groups is 1. The van der Waals surface area contributed by atoms with Gasteiger partial charge in [-0.15, -0.1) is 0 Å². The summed E-state index contributed by atoms with van der Waals surface area (Å²) in [5.74, 6) is -0.322. The Labute approximate surface area is 163 Å². The van der Waals surface area contributed by atoms with Gasteiger partial charge in [-0.05, 0) is 41.8 Å². The van der Waals surface area contributed by atoms with Gasteiger partial charge in [0, 0.05) is 5.56 Å². The number of rotatable bonds is 7. The van der Waals surface area contributed by atoms with Crippen molar-refractivity contribution < 1.29 is 23.7 Å². The molecule has 0 bridgehead atoms. The Morgan fingerprint density at radius 3 is 2.50 bits per heavy atom. The Balaban J connectivity index is 1.78. The first-order chi connectivity index (χ1) is 13.3. The second kappa shape index (κ2) is 8.67. The number of nitrogens with one attached hydrogen (secondary N) is 1. The van der Waals surface area contributed by atoms with Gasteiger partial charge in [-0.1, -0.05) is 60.2 Å². The standard InChI is InChI=1S/C21H22NO5P/c1-15-5-4-6-16(11-15)12-20(14-27-28(24,25)26)22-21(23)19-10-9-17-7-2-3-8-18(17)13-19/h2-11,13,20H,12,14H2,1H3,(H,22,23)(H2,24,25,26)/t20-/m0/s1. The van der Waals surface area contributed by atoms with Crippen molar-refractivity contribution in [2.24, 2.45) is 0 Å². The van der Waals surface area contributed by atoms with Gasteiger partial charge in [-0.3, -0.25) is 9.32 Å². The lowest BCUT2D eigenvalue weighted by Gasteiger charge is -2.20. The molecule has 0 aliphatic carbocycles. The minimum absolute atomic E-state index is 0.294. The van der Waals surface area contributed by atoms with Crippen LogP contribution in [0.1, 0.15) is 21.5 Å². The van der Waals surface area contributed by atoms with E-state index in [2.05, 4.69) is 9.84 Å². The minimum atomic E-state index is -4.63. The Hall–Kier alpha value is -2.50. The highest BCUT2D eigenvalue weighted by Crippen LogP contribution is 2.35. The zero-order valence-corrected chi connectivity index (χ0v) is 16.3. The number of hydrogen-bond donors (Lipinski definition) is 3. The molecule has 3 aromatic rings. The van der Waals surface area contributed by atoms with Crippen LogP contribution in [0.25, 0.3) is 10.8 Å². The number of phosphoric ester groups is 1. The Morgan fingerprint density at radius 2 is 1.79 bits per heavy atom.